The van der Waals surface area contributed by atoms with Gasteiger partial charge < -0.3 is 10.1 Å². The molecule has 3 heteroatoms. The number of amides is 1. The average molecular weight is 361 g/mol. The molecule has 0 fully saturated rings. The molecule has 27 heavy (non-hydrogen) atoms. The Morgan fingerprint density at radius 3 is 2.48 bits per heavy atom. The van der Waals surface area contributed by atoms with Crippen LogP contribution in [0.15, 0.2) is 60.7 Å². The zero-order valence-electron chi connectivity index (χ0n) is 16.5. The van der Waals surface area contributed by atoms with Crippen LogP contribution >= 0.6 is 0 Å². The molecule has 0 radical (unpaired) electrons. The van der Waals surface area contributed by atoms with Crippen molar-refractivity contribution in [3.63, 3.8) is 0 Å². The summed E-state index contributed by atoms with van der Waals surface area (Å²) in [5.41, 5.74) is 3.62. The van der Waals surface area contributed by atoms with E-state index in [0.717, 1.165) is 28.5 Å². The third-order valence-corrected chi connectivity index (χ3v) is 5.08. The molecule has 0 aliphatic rings. The van der Waals surface area contributed by atoms with Crippen molar-refractivity contribution in [2.45, 2.75) is 46.3 Å². The van der Waals surface area contributed by atoms with E-state index in [9.17, 15) is 4.79 Å². The monoisotopic (exact) mass is 361 g/mol. The Balaban J connectivity index is 1.73. The van der Waals surface area contributed by atoms with Crippen molar-refractivity contribution in [3.8, 4) is 5.75 Å². The van der Waals surface area contributed by atoms with E-state index < -0.39 is 6.10 Å². The van der Waals surface area contributed by atoms with Crippen LogP contribution in [0.4, 0.5) is 0 Å². The maximum absolute atomic E-state index is 12.7. The van der Waals surface area contributed by atoms with Gasteiger partial charge in [-0.25, -0.2) is 0 Å². The van der Waals surface area contributed by atoms with E-state index in [-0.39, 0.29) is 11.9 Å². The molecule has 0 aliphatic heterocycles. The molecule has 0 aromatic heterocycles. The smallest absolute Gasteiger partial charge is 0.261 e. The number of benzene rings is 3. The first-order valence-corrected chi connectivity index (χ1v) is 9.51. The molecule has 0 bridgehead atoms. The Hall–Kier alpha value is -2.81. The van der Waals surface area contributed by atoms with Crippen LogP contribution < -0.4 is 10.1 Å². The highest BCUT2D eigenvalue weighted by atomic mass is 16.5. The van der Waals surface area contributed by atoms with E-state index >= 15 is 0 Å². The van der Waals surface area contributed by atoms with Gasteiger partial charge >= 0.3 is 0 Å². The number of carbonyl (C=O) groups is 1. The summed E-state index contributed by atoms with van der Waals surface area (Å²) in [5.74, 6) is 0.628. The standard InChI is InChI=1S/C24H27NO2/c1-5-22(20-14-13-16(2)17(3)15-20)25-24(26)18(4)27-23-12-8-10-19-9-6-7-11-21(19)23/h6-15,18,22H,5H2,1-4H3,(H,25,26). The van der Waals surface area contributed by atoms with E-state index in [1.54, 1.807) is 6.92 Å². The van der Waals surface area contributed by atoms with Crippen LogP contribution in [-0.4, -0.2) is 12.0 Å². The van der Waals surface area contributed by atoms with E-state index in [1.807, 2.05) is 42.5 Å². The predicted molar refractivity (Wildman–Crippen MR) is 111 cm³/mol. The Labute approximate surface area is 161 Å². The second-order valence-electron chi connectivity index (χ2n) is 7.05. The summed E-state index contributed by atoms with van der Waals surface area (Å²) in [6.45, 7) is 8.07. The SMILES string of the molecule is CCC(NC(=O)C(C)Oc1cccc2ccccc12)c1ccc(C)c(C)c1. The van der Waals surface area contributed by atoms with Crippen LogP contribution in [0, 0.1) is 13.8 Å². The first-order chi connectivity index (χ1) is 13.0. The van der Waals surface area contributed by atoms with Crippen molar-refractivity contribution in [1.82, 2.24) is 5.32 Å². The quantitative estimate of drug-likeness (QED) is 0.630. The fourth-order valence-electron chi connectivity index (χ4n) is 3.23. The molecule has 2 unspecified atom stereocenters. The van der Waals surface area contributed by atoms with E-state index in [1.165, 1.54) is 11.1 Å². The first kappa shape index (κ1) is 19.0. The highest BCUT2D eigenvalue weighted by Crippen LogP contribution is 2.26. The van der Waals surface area contributed by atoms with Gasteiger partial charge in [-0.2, -0.15) is 0 Å². The lowest BCUT2D eigenvalue weighted by Crippen LogP contribution is -2.38. The summed E-state index contributed by atoms with van der Waals surface area (Å²) in [6, 6.07) is 20.3. The van der Waals surface area contributed by atoms with Crippen molar-refractivity contribution in [1.29, 1.82) is 0 Å². The van der Waals surface area contributed by atoms with Gasteiger partial charge in [0.25, 0.3) is 5.91 Å². The second kappa shape index (κ2) is 8.26. The molecule has 1 N–H and O–H groups in total. The first-order valence-electron chi connectivity index (χ1n) is 9.51. The summed E-state index contributed by atoms with van der Waals surface area (Å²) in [5, 5.41) is 5.25. The average Bonchev–Trinajstić information content (AvgIpc) is 2.68. The highest BCUT2D eigenvalue weighted by molar-refractivity contribution is 5.89. The second-order valence-corrected chi connectivity index (χ2v) is 7.05. The molecule has 0 heterocycles. The van der Waals surface area contributed by atoms with Crippen LogP contribution in [0.25, 0.3) is 10.8 Å². The van der Waals surface area contributed by atoms with Crippen LogP contribution in [0.5, 0.6) is 5.75 Å². The molecular weight excluding hydrogens is 334 g/mol. The Morgan fingerprint density at radius 1 is 1.00 bits per heavy atom. The lowest BCUT2D eigenvalue weighted by atomic mass is 9.99. The summed E-state index contributed by atoms with van der Waals surface area (Å²) in [6.07, 6.45) is 0.256. The fraction of sp³-hybridized carbons (Fsp3) is 0.292. The van der Waals surface area contributed by atoms with Crippen LogP contribution in [0.2, 0.25) is 0 Å². The van der Waals surface area contributed by atoms with Crippen molar-refractivity contribution in [3.05, 3.63) is 77.4 Å². The zero-order valence-corrected chi connectivity index (χ0v) is 16.5. The number of hydrogen-bond donors (Lipinski definition) is 1. The van der Waals surface area contributed by atoms with Crippen molar-refractivity contribution < 1.29 is 9.53 Å². The minimum Gasteiger partial charge on any atom is -0.480 e. The van der Waals surface area contributed by atoms with E-state index in [4.69, 9.17) is 4.74 Å². The maximum atomic E-state index is 12.7. The zero-order chi connectivity index (χ0) is 19.4. The third-order valence-electron chi connectivity index (χ3n) is 5.08. The number of fused-ring (bicyclic) bond motifs is 1. The Morgan fingerprint density at radius 2 is 1.74 bits per heavy atom. The summed E-state index contributed by atoms with van der Waals surface area (Å²) < 4.78 is 6.00. The van der Waals surface area contributed by atoms with Crippen molar-refractivity contribution >= 4 is 16.7 Å². The topological polar surface area (TPSA) is 38.3 Å². The largest absolute Gasteiger partial charge is 0.480 e. The van der Waals surface area contributed by atoms with Crippen LogP contribution in [0.1, 0.15) is 43.0 Å². The minimum atomic E-state index is -0.573. The van der Waals surface area contributed by atoms with Gasteiger partial charge in [-0.05, 0) is 55.3 Å². The number of nitrogens with one attached hydrogen (secondary N) is 1. The Bertz CT molecular complexity index is 943. The predicted octanol–water partition coefficient (Wildman–Crippen LogP) is 5.49. The van der Waals surface area contributed by atoms with E-state index in [2.05, 4.69) is 44.3 Å². The number of aryl methyl sites for hydroxylation is 2. The normalized spacial score (nSPS) is 13.2. The molecule has 3 nitrogen and oxygen atoms in total. The molecule has 0 aliphatic carbocycles. The molecule has 140 valence electrons. The molecule has 3 aromatic rings. The Kier molecular flexibility index (Phi) is 5.80. The highest BCUT2D eigenvalue weighted by Gasteiger charge is 2.20. The number of carbonyl (C=O) groups excluding carboxylic acids is 1. The lowest BCUT2D eigenvalue weighted by Gasteiger charge is -2.22. The van der Waals surface area contributed by atoms with Gasteiger partial charge in [0.1, 0.15) is 5.75 Å². The van der Waals surface area contributed by atoms with Crippen LogP contribution in [0.3, 0.4) is 0 Å². The summed E-state index contributed by atoms with van der Waals surface area (Å²) in [4.78, 5) is 12.7. The molecule has 0 spiro atoms. The van der Waals surface area contributed by atoms with E-state index in [0.29, 0.717) is 0 Å². The number of ether oxygens (including phenoxy) is 1. The lowest BCUT2D eigenvalue weighted by molar-refractivity contribution is -0.128. The number of rotatable bonds is 6. The molecule has 3 aromatic carbocycles. The molecule has 2 atom stereocenters. The molecule has 0 saturated heterocycles. The van der Waals surface area contributed by atoms with Gasteiger partial charge in [-0.15, -0.1) is 0 Å². The summed E-state index contributed by atoms with van der Waals surface area (Å²) in [7, 11) is 0. The molecule has 3 rings (SSSR count). The molecule has 0 saturated carbocycles. The number of hydrogen-bond acceptors (Lipinski definition) is 2. The van der Waals surface area contributed by atoms with Gasteiger partial charge in [0.05, 0.1) is 6.04 Å². The van der Waals surface area contributed by atoms with Gasteiger partial charge in [0, 0.05) is 5.39 Å². The van der Waals surface area contributed by atoms with Crippen LogP contribution in [-0.2, 0) is 4.79 Å². The maximum Gasteiger partial charge on any atom is 0.261 e. The van der Waals surface area contributed by atoms with Crippen molar-refractivity contribution in [2.75, 3.05) is 0 Å². The molecular formula is C24H27NO2. The van der Waals surface area contributed by atoms with Gasteiger partial charge in [0.15, 0.2) is 6.10 Å². The third kappa shape index (κ3) is 4.30. The van der Waals surface area contributed by atoms with Gasteiger partial charge in [0.2, 0.25) is 0 Å². The minimum absolute atomic E-state index is 0.0182. The summed E-state index contributed by atoms with van der Waals surface area (Å²) >= 11 is 0. The molecule has 1 amide bonds. The van der Waals surface area contributed by atoms with Gasteiger partial charge in [-0.3, -0.25) is 4.79 Å². The fourth-order valence-corrected chi connectivity index (χ4v) is 3.23. The van der Waals surface area contributed by atoms with Crippen molar-refractivity contribution in [2.24, 2.45) is 0 Å². The van der Waals surface area contributed by atoms with Gasteiger partial charge in [-0.1, -0.05) is 61.5 Å².